The number of H-pyrrole nitrogens is 1. The maximum Gasteiger partial charge on any atom is 0.0471 e. The summed E-state index contributed by atoms with van der Waals surface area (Å²) in [6.45, 7) is 6.58. The number of aromatic nitrogens is 1. The van der Waals surface area contributed by atoms with E-state index in [0.717, 1.165) is 10.5 Å². The van der Waals surface area contributed by atoms with E-state index in [9.17, 15) is 0 Å². The molecule has 0 aliphatic rings. The van der Waals surface area contributed by atoms with Crippen molar-refractivity contribution in [1.82, 2.24) is 4.98 Å². The largest absolute Gasteiger partial charge is 0.358 e. The summed E-state index contributed by atoms with van der Waals surface area (Å²) in [5.74, 6) is 0. The van der Waals surface area contributed by atoms with Crippen LogP contribution >= 0.6 is 11.6 Å². The molecule has 1 aromatic heterocycles. The third kappa shape index (κ3) is 1.64. The summed E-state index contributed by atoms with van der Waals surface area (Å²) in [5, 5.41) is 2.00. The Hall–Kier alpha value is -0.950. The average molecular weight is 208 g/mol. The second-order valence-electron chi connectivity index (χ2n) is 4.66. The van der Waals surface area contributed by atoms with Crippen molar-refractivity contribution in [2.24, 2.45) is 0 Å². The smallest absolute Gasteiger partial charge is 0.0471 e. The van der Waals surface area contributed by atoms with Crippen LogP contribution in [0.5, 0.6) is 0 Å². The molecule has 2 rings (SSSR count). The fourth-order valence-electron chi connectivity index (χ4n) is 1.50. The van der Waals surface area contributed by atoms with Crippen molar-refractivity contribution >= 4 is 22.5 Å². The standard InChI is InChI=1S/C12H14ClN/c1-12(2,3)11-6-8-4-5-9(13)7-10(8)14-11/h4-7,14H,1-3H3. The van der Waals surface area contributed by atoms with Crippen molar-refractivity contribution < 1.29 is 0 Å². The summed E-state index contributed by atoms with van der Waals surface area (Å²) in [6, 6.07) is 8.12. The minimum atomic E-state index is 0.158. The summed E-state index contributed by atoms with van der Waals surface area (Å²) >= 11 is 5.92. The summed E-state index contributed by atoms with van der Waals surface area (Å²) in [6.07, 6.45) is 0. The molecule has 1 nitrogen and oxygen atoms in total. The van der Waals surface area contributed by atoms with Crippen molar-refractivity contribution in [2.45, 2.75) is 26.2 Å². The Labute approximate surface area is 89.1 Å². The highest BCUT2D eigenvalue weighted by atomic mass is 35.5. The highest BCUT2D eigenvalue weighted by Gasteiger charge is 2.15. The molecule has 0 atom stereocenters. The van der Waals surface area contributed by atoms with Crippen LogP contribution in [0.25, 0.3) is 10.9 Å². The average Bonchev–Trinajstić information content (AvgIpc) is 2.45. The van der Waals surface area contributed by atoms with Crippen LogP contribution in [0.4, 0.5) is 0 Å². The van der Waals surface area contributed by atoms with Gasteiger partial charge in [-0.05, 0) is 23.6 Å². The van der Waals surface area contributed by atoms with Crippen LogP contribution < -0.4 is 0 Å². The van der Waals surface area contributed by atoms with Crippen molar-refractivity contribution in [2.75, 3.05) is 0 Å². The molecule has 0 amide bonds. The Balaban J connectivity index is 2.63. The van der Waals surface area contributed by atoms with Gasteiger partial charge in [0.05, 0.1) is 0 Å². The van der Waals surface area contributed by atoms with Gasteiger partial charge in [-0.25, -0.2) is 0 Å². The Kier molecular flexibility index (Phi) is 2.07. The Morgan fingerprint density at radius 2 is 1.86 bits per heavy atom. The second kappa shape index (κ2) is 3.03. The number of halogens is 1. The normalized spacial score (nSPS) is 12.3. The van der Waals surface area contributed by atoms with Crippen LogP contribution in [-0.4, -0.2) is 4.98 Å². The zero-order valence-electron chi connectivity index (χ0n) is 8.69. The predicted octanol–water partition coefficient (Wildman–Crippen LogP) is 4.12. The quantitative estimate of drug-likeness (QED) is 0.669. The first-order valence-corrected chi connectivity index (χ1v) is 5.13. The summed E-state index contributed by atoms with van der Waals surface area (Å²) in [5.41, 5.74) is 2.52. The van der Waals surface area contributed by atoms with Gasteiger partial charge in [-0.1, -0.05) is 38.4 Å². The van der Waals surface area contributed by atoms with Crippen LogP contribution in [-0.2, 0) is 5.41 Å². The minimum Gasteiger partial charge on any atom is -0.358 e. The van der Waals surface area contributed by atoms with Gasteiger partial charge < -0.3 is 4.98 Å². The summed E-state index contributed by atoms with van der Waals surface area (Å²) < 4.78 is 0. The molecule has 0 aliphatic carbocycles. The molecule has 1 aromatic carbocycles. The monoisotopic (exact) mass is 207 g/mol. The van der Waals surface area contributed by atoms with Gasteiger partial charge in [0.25, 0.3) is 0 Å². The molecule has 74 valence electrons. The number of fused-ring (bicyclic) bond motifs is 1. The van der Waals surface area contributed by atoms with E-state index in [2.05, 4.69) is 31.8 Å². The van der Waals surface area contributed by atoms with Crippen LogP contribution in [0.1, 0.15) is 26.5 Å². The number of benzene rings is 1. The van der Waals surface area contributed by atoms with Gasteiger partial charge >= 0.3 is 0 Å². The molecule has 0 saturated heterocycles. The zero-order valence-corrected chi connectivity index (χ0v) is 9.44. The van der Waals surface area contributed by atoms with Crippen molar-refractivity contribution in [1.29, 1.82) is 0 Å². The minimum absolute atomic E-state index is 0.158. The zero-order chi connectivity index (χ0) is 10.3. The van der Waals surface area contributed by atoms with E-state index in [1.807, 2.05) is 18.2 Å². The van der Waals surface area contributed by atoms with Crippen LogP contribution in [0.3, 0.4) is 0 Å². The van der Waals surface area contributed by atoms with Gasteiger partial charge in [-0.2, -0.15) is 0 Å². The molecule has 0 aliphatic heterocycles. The maximum absolute atomic E-state index is 5.92. The fourth-order valence-corrected chi connectivity index (χ4v) is 1.68. The predicted molar refractivity (Wildman–Crippen MR) is 62.0 cm³/mol. The first-order valence-electron chi connectivity index (χ1n) is 4.75. The molecule has 0 radical (unpaired) electrons. The first-order chi connectivity index (χ1) is 6.47. The van der Waals surface area contributed by atoms with Crippen LogP contribution in [0.15, 0.2) is 24.3 Å². The molecular formula is C12H14ClN. The van der Waals surface area contributed by atoms with Gasteiger partial charge in [0.1, 0.15) is 0 Å². The molecule has 0 spiro atoms. The molecule has 2 aromatic rings. The molecule has 0 fully saturated rings. The molecule has 1 N–H and O–H groups in total. The lowest BCUT2D eigenvalue weighted by Gasteiger charge is -2.15. The molecule has 2 heteroatoms. The molecule has 0 saturated carbocycles. The van der Waals surface area contributed by atoms with Crippen molar-refractivity contribution in [3.8, 4) is 0 Å². The van der Waals surface area contributed by atoms with Gasteiger partial charge in [0.2, 0.25) is 0 Å². The first kappa shape index (κ1) is 9.60. The number of hydrogen-bond acceptors (Lipinski definition) is 0. The third-order valence-electron chi connectivity index (χ3n) is 2.39. The maximum atomic E-state index is 5.92. The van der Waals surface area contributed by atoms with Crippen molar-refractivity contribution in [3.05, 3.63) is 35.0 Å². The van der Waals surface area contributed by atoms with E-state index in [1.54, 1.807) is 0 Å². The highest BCUT2D eigenvalue weighted by Crippen LogP contribution is 2.27. The van der Waals surface area contributed by atoms with E-state index >= 15 is 0 Å². The molecular weight excluding hydrogens is 194 g/mol. The lowest BCUT2D eigenvalue weighted by Crippen LogP contribution is -2.10. The summed E-state index contributed by atoms with van der Waals surface area (Å²) in [7, 11) is 0. The number of rotatable bonds is 0. The molecule has 1 heterocycles. The lowest BCUT2D eigenvalue weighted by atomic mass is 9.92. The van der Waals surface area contributed by atoms with E-state index < -0.39 is 0 Å². The number of nitrogens with one attached hydrogen (secondary N) is 1. The molecule has 14 heavy (non-hydrogen) atoms. The highest BCUT2D eigenvalue weighted by molar-refractivity contribution is 6.31. The summed E-state index contributed by atoms with van der Waals surface area (Å²) in [4.78, 5) is 3.39. The van der Waals surface area contributed by atoms with Gasteiger partial charge in [0.15, 0.2) is 0 Å². The lowest BCUT2D eigenvalue weighted by molar-refractivity contribution is 0.574. The Morgan fingerprint density at radius 1 is 1.14 bits per heavy atom. The van der Waals surface area contributed by atoms with Gasteiger partial charge in [-0.15, -0.1) is 0 Å². The van der Waals surface area contributed by atoms with E-state index in [-0.39, 0.29) is 5.41 Å². The van der Waals surface area contributed by atoms with E-state index in [1.165, 1.54) is 11.1 Å². The topological polar surface area (TPSA) is 15.8 Å². The van der Waals surface area contributed by atoms with Gasteiger partial charge in [0, 0.05) is 21.6 Å². The van der Waals surface area contributed by atoms with Crippen LogP contribution in [0.2, 0.25) is 5.02 Å². The van der Waals surface area contributed by atoms with Crippen molar-refractivity contribution in [3.63, 3.8) is 0 Å². The SMILES string of the molecule is CC(C)(C)c1cc2ccc(Cl)cc2[nH]1. The molecule has 0 unspecified atom stereocenters. The van der Waals surface area contributed by atoms with E-state index in [4.69, 9.17) is 11.6 Å². The Bertz CT molecular complexity index is 463. The van der Waals surface area contributed by atoms with Crippen LogP contribution in [0, 0.1) is 0 Å². The van der Waals surface area contributed by atoms with E-state index in [0.29, 0.717) is 0 Å². The number of aromatic amines is 1. The van der Waals surface area contributed by atoms with Gasteiger partial charge in [-0.3, -0.25) is 0 Å². The Morgan fingerprint density at radius 3 is 2.50 bits per heavy atom. The fraction of sp³-hybridized carbons (Fsp3) is 0.333. The third-order valence-corrected chi connectivity index (χ3v) is 2.63. The number of hydrogen-bond donors (Lipinski definition) is 1. The molecule has 0 bridgehead atoms. The second-order valence-corrected chi connectivity index (χ2v) is 5.10.